The molecule has 1 spiro atoms. The Bertz CT molecular complexity index is 737. The highest BCUT2D eigenvalue weighted by Crippen LogP contribution is 2.38. The molecule has 0 unspecified atom stereocenters. The molecule has 0 radical (unpaired) electrons. The molecule has 0 saturated carbocycles. The molecule has 2 saturated heterocycles. The van der Waals surface area contributed by atoms with E-state index in [1.54, 1.807) is 6.07 Å². The summed E-state index contributed by atoms with van der Waals surface area (Å²) in [4.78, 5) is 19.1. The predicted molar refractivity (Wildman–Crippen MR) is 108 cm³/mol. The van der Waals surface area contributed by atoms with Crippen molar-refractivity contribution in [1.82, 2.24) is 9.80 Å². The molecule has 0 aromatic heterocycles. The van der Waals surface area contributed by atoms with Gasteiger partial charge in [-0.1, -0.05) is 18.2 Å². The second-order valence-electron chi connectivity index (χ2n) is 8.30. The number of allylic oxidation sites excluding steroid dienone is 1. The standard InChI is InChI=1S/C22H30FN3O2/c1-24-9-3-2-6-22(21(24)27)7-10-25(11-8-22)17-18-4-5-20(19(23)16-18)26-12-14-28-15-13-26/h2-5,16H,6-15,17H2,1H3. The first kappa shape index (κ1) is 19.4. The van der Waals surface area contributed by atoms with Crippen LogP contribution in [0.1, 0.15) is 24.8 Å². The van der Waals surface area contributed by atoms with Crippen molar-refractivity contribution >= 4 is 11.6 Å². The molecule has 3 aliphatic heterocycles. The SMILES string of the molecule is CN1CC=CCC2(CCN(Cc3ccc(N4CCOCC4)c(F)c3)CC2)C1=O. The van der Waals surface area contributed by atoms with Crippen molar-refractivity contribution in [3.05, 3.63) is 41.7 Å². The van der Waals surface area contributed by atoms with Crippen LogP contribution in [0.4, 0.5) is 10.1 Å². The lowest BCUT2D eigenvalue weighted by atomic mass is 9.74. The van der Waals surface area contributed by atoms with E-state index < -0.39 is 0 Å². The third-order valence-electron chi connectivity index (χ3n) is 6.44. The molecule has 152 valence electrons. The third-order valence-corrected chi connectivity index (χ3v) is 6.44. The Balaban J connectivity index is 1.37. The number of benzene rings is 1. The second-order valence-corrected chi connectivity index (χ2v) is 8.30. The number of hydrogen-bond donors (Lipinski definition) is 0. The summed E-state index contributed by atoms with van der Waals surface area (Å²) in [6, 6.07) is 5.60. The van der Waals surface area contributed by atoms with Gasteiger partial charge in [0.1, 0.15) is 5.82 Å². The highest BCUT2D eigenvalue weighted by molar-refractivity contribution is 5.83. The Hall–Kier alpha value is -1.92. The second kappa shape index (κ2) is 8.21. The van der Waals surface area contributed by atoms with Crippen LogP contribution < -0.4 is 4.90 Å². The van der Waals surface area contributed by atoms with Crippen molar-refractivity contribution in [1.29, 1.82) is 0 Å². The van der Waals surface area contributed by atoms with Crippen LogP contribution in [0.2, 0.25) is 0 Å². The highest BCUT2D eigenvalue weighted by Gasteiger charge is 2.42. The number of carbonyl (C=O) groups is 1. The van der Waals surface area contributed by atoms with E-state index >= 15 is 0 Å². The largest absolute Gasteiger partial charge is 0.378 e. The van der Waals surface area contributed by atoms with Crippen molar-refractivity contribution in [2.75, 3.05) is 57.9 Å². The van der Waals surface area contributed by atoms with E-state index in [4.69, 9.17) is 4.74 Å². The number of piperidine rings is 1. The quantitative estimate of drug-likeness (QED) is 0.747. The Morgan fingerprint density at radius 3 is 2.57 bits per heavy atom. The Morgan fingerprint density at radius 2 is 1.86 bits per heavy atom. The monoisotopic (exact) mass is 387 g/mol. The molecule has 4 rings (SSSR count). The minimum absolute atomic E-state index is 0.154. The first-order chi connectivity index (χ1) is 13.6. The third kappa shape index (κ3) is 3.94. The fraction of sp³-hybridized carbons (Fsp3) is 0.591. The normalized spacial score (nSPS) is 23.3. The van der Waals surface area contributed by atoms with Gasteiger partial charge < -0.3 is 14.5 Å². The van der Waals surface area contributed by atoms with Gasteiger partial charge in [0, 0.05) is 33.2 Å². The summed E-state index contributed by atoms with van der Waals surface area (Å²) in [7, 11) is 1.89. The molecule has 3 aliphatic rings. The van der Waals surface area contributed by atoms with Gasteiger partial charge in [-0.25, -0.2) is 4.39 Å². The molecule has 1 amide bonds. The number of halogens is 1. The molecule has 28 heavy (non-hydrogen) atoms. The maximum Gasteiger partial charge on any atom is 0.229 e. The summed E-state index contributed by atoms with van der Waals surface area (Å²) in [5, 5.41) is 0. The fourth-order valence-electron chi connectivity index (χ4n) is 4.64. The lowest BCUT2D eigenvalue weighted by molar-refractivity contribution is -0.142. The van der Waals surface area contributed by atoms with E-state index in [1.165, 1.54) is 0 Å². The zero-order chi connectivity index (χ0) is 19.6. The van der Waals surface area contributed by atoms with Crippen molar-refractivity contribution in [3.63, 3.8) is 0 Å². The first-order valence-electron chi connectivity index (χ1n) is 10.3. The van der Waals surface area contributed by atoms with E-state index in [1.807, 2.05) is 24.1 Å². The molecule has 1 aromatic carbocycles. The molecular formula is C22H30FN3O2. The van der Waals surface area contributed by atoms with Gasteiger partial charge in [-0.3, -0.25) is 9.69 Å². The van der Waals surface area contributed by atoms with Gasteiger partial charge in [-0.2, -0.15) is 0 Å². The van der Waals surface area contributed by atoms with Gasteiger partial charge in [-0.05, 0) is 50.0 Å². The van der Waals surface area contributed by atoms with Crippen LogP contribution in [0.25, 0.3) is 0 Å². The number of amides is 1. The van der Waals surface area contributed by atoms with Gasteiger partial charge >= 0.3 is 0 Å². The first-order valence-corrected chi connectivity index (χ1v) is 10.3. The van der Waals surface area contributed by atoms with Gasteiger partial charge in [0.25, 0.3) is 0 Å². The molecule has 2 fully saturated rings. The van der Waals surface area contributed by atoms with E-state index in [9.17, 15) is 9.18 Å². The van der Waals surface area contributed by atoms with Gasteiger partial charge in [-0.15, -0.1) is 0 Å². The van der Waals surface area contributed by atoms with E-state index in [2.05, 4.69) is 22.0 Å². The Morgan fingerprint density at radius 1 is 1.11 bits per heavy atom. The van der Waals surface area contributed by atoms with E-state index in [-0.39, 0.29) is 17.1 Å². The number of rotatable bonds is 3. The fourth-order valence-corrected chi connectivity index (χ4v) is 4.64. The summed E-state index contributed by atoms with van der Waals surface area (Å²) in [5.41, 5.74) is 1.42. The summed E-state index contributed by atoms with van der Waals surface area (Å²) in [6.45, 7) is 5.97. The molecule has 0 aliphatic carbocycles. The number of morpholine rings is 1. The summed E-state index contributed by atoms with van der Waals surface area (Å²) >= 11 is 0. The number of likely N-dealkylation sites (tertiary alicyclic amines) is 1. The number of likely N-dealkylation sites (N-methyl/N-ethyl adjacent to an activating group) is 1. The lowest BCUT2D eigenvalue weighted by Crippen LogP contribution is -2.48. The molecule has 0 bridgehead atoms. The number of ether oxygens (including phenoxy) is 1. The van der Waals surface area contributed by atoms with Gasteiger partial charge in [0.15, 0.2) is 0 Å². The summed E-state index contributed by atoms with van der Waals surface area (Å²) in [6.07, 6.45) is 6.84. The molecule has 1 aromatic rings. The van der Waals surface area contributed by atoms with Crippen LogP contribution in [0.3, 0.4) is 0 Å². The smallest absolute Gasteiger partial charge is 0.229 e. The maximum atomic E-state index is 14.7. The number of hydrogen-bond acceptors (Lipinski definition) is 4. The molecule has 0 N–H and O–H groups in total. The maximum absolute atomic E-state index is 14.7. The Labute approximate surface area is 166 Å². The van der Waals surface area contributed by atoms with Crippen LogP contribution in [0.15, 0.2) is 30.4 Å². The van der Waals surface area contributed by atoms with Crippen molar-refractivity contribution < 1.29 is 13.9 Å². The zero-order valence-electron chi connectivity index (χ0n) is 16.7. The van der Waals surface area contributed by atoms with Gasteiger partial charge in [0.2, 0.25) is 5.91 Å². The predicted octanol–water partition coefficient (Wildman–Crippen LogP) is 2.66. The average Bonchev–Trinajstić information content (AvgIpc) is 2.85. The Kier molecular flexibility index (Phi) is 5.69. The number of anilines is 1. The van der Waals surface area contributed by atoms with E-state index in [0.717, 1.165) is 57.5 Å². The highest BCUT2D eigenvalue weighted by atomic mass is 19.1. The molecule has 0 atom stereocenters. The topological polar surface area (TPSA) is 36.0 Å². The van der Waals surface area contributed by atoms with Crippen LogP contribution in [0.5, 0.6) is 0 Å². The summed E-state index contributed by atoms with van der Waals surface area (Å²) in [5.74, 6) is 0.122. The minimum atomic E-state index is -0.246. The summed E-state index contributed by atoms with van der Waals surface area (Å²) < 4.78 is 20.0. The van der Waals surface area contributed by atoms with Crippen molar-refractivity contribution in [3.8, 4) is 0 Å². The molecule has 5 nitrogen and oxygen atoms in total. The van der Waals surface area contributed by atoms with E-state index in [0.29, 0.717) is 25.4 Å². The van der Waals surface area contributed by atoms with Crippen LogP contribution in [0, 0.1) is 11.2 Å². The van der Waals surface area contributed by atoms with Crippen molar-refractivity contribution in [2.45, 2.75) is 25.8 Å². The van der Waals surface area contributed by atoms with Gasteiger partial charge in [0.05, 0.1) is 24.3 Å². The minimum Gasteiger partial charge on any atom is -0.378 e. The lowest BCUT2D eigenvalue weighted by Gasteiger charge is -2.41. The number of nitrogens with zero attached hydrogens (tertiary/aromatic N) is 3. The number of carbonyl (C=O) groups excluding carboxylic acids is 1. The molecule has 3 heterocycles. The van der Waals surface area contributed by atoms with Crippen molar-refractivity contribution in [2.24, 2.45) is 5.41 Å². The van der Waals surface area contributed by atoms with Crippen LogP contribution in [-0.2, 0) is 16.1 Å². The van der Waals surface area contributed by atoms with Crippen LogP contribution >= 0.6 is 0 Å². The van der Waals surface area contributed by atoms with Crippen LogP contribution in [-0.4, -0.2) is 68.7 Å². The molecular weight excluding hydrogens is 357 g/mol. The zero-order valence-corrected chi connectivity index (χ0v) is 16.7. The average molecular weight is 387 g/mol. The molecule has 6 heteroatoms.